The molecular weight excluding hydrogens is 268 g/mol. The molecule has 0 aliphatic carbocycles. The molecule has 1 unspecified atom stereocenters. The van der Waals surface area contributed by atoms with E-state index in [1.807, 2.05) is 0 Å². The third-order valence-corrected chi connectivity index (χ3v) is 3.93. The molecule has 0 aromatic carbocycles. The van der Waals surface area contributed by atoms with E-state index in [0.717, 1.165) is 25.8 Å². The number of piperidine rings is 1. The number of hydrogen-bond acceptors (Lipinski definition) is 6. The highest BCUT2D eigenvalue weighted by Crippen LogP contribution is 2.18. The number of hydrogen-bond donors (Lipinski definition) is 1. The SMILES string of the molecule is Cc1noc(CN2CCCCC2CNS(C)(=O)=O)n1. The van der Waals surface area contributed by atoms with Crippen LogP contribution in [0.4, 0.5) is 0 Å². The summed E-state index contributed by atoms with van der Waals surface area (Å²) in [7, 11) is -3.14. The summed E-state index contributed by atoms with van der Waals surface area (Å²) in [6, 6.07) is 0.190. The Kier molecular flexibility index (Phi) is 4.54. The zero-order valence-electron chi connectivity index (χ0n) is 11.3. The van der Waals surface area contributed by atoms with Crippen LogP contribution in [0, 0.1) is 6.92 Å². The number of aromatic nitrogens is 2. The second-order valence-corrected chi connectivity index (χ2v) is 6.81. The van der Waals surface area contributed by atoms with Crippen molar-refractivity contribution in [2.24, 2.45) is 0 Å². The molecular formula is C11H20N4O3S. The first-order chi connectivity index (χ1) is 8.94. The van der Waals surface area contributed by atoms with Crippen LogP contribution in [-0.4, -0.2) is 48.8 Å². The fourth-order valence-electron chi connectivity index (χ4n) is 2.32. The van der Waals surface area contributed by atoms with Gasteiger partial charge in [-0.1, -0.05) is 11.6 Å². The molecule has 7 nitrogen and oxygen atoms in total. The maximum absolute atomic E-state index is 11.2. The van der Waals surface area contributed by atoms with Crippen molar-refractivity contribution in [3.63, 3.8) is 0 Å². The molecule has 1 aliphatic rings. The minimum absolute atomic E-state index is 0.190. The number of rotatable bonds is 5. The number of sulfonamides is 1. The van der Waals surface area contributed by atoms with E-state index in [9.17, 15) is 8.42 Å². The molecule has 1 aromatic heterocycles. The Morgan fingerprint density at radius 2 is 2.26 bits per heavy atom. The van der Waals surface area contributed by atoms with Gasteiger partial charge in [0.1, 0.15) is 0 Å². The average molecular weight is 288 g/mol. The largest absolute Gasteiger partial charge is 0.338 e. The smallest absolute Gasteiger partial charge is 0.240 e. The van der Waals surface area contributed by atoms with Gasteiger partial charge in [-0.15, -0.1) is 0 Å². The van der Waals surface area contributed by atoms with Crippen molar-refractivity contribution in [2.75, 3.05) is 19.3 Å². The predicted molar refractivity (Wildman–Crippen MR) is 69.9 cm³/mol. The van der Waals surface area contributed by atoms with Gasteiger partial charge in [0, 0.05) is 12.6 Å². The molecule has 0 bridgehead atoms. The molecule has 1 saturated heterocycles. The maximum Gasteiger partial charge on any atom is 0.240 e. The molecule has 0 radical (unpaired) electrons. The third-order valence-electron chi connectivity index (χ3n) is 3.24. The highest BCUT2D eigenvalue weighted by molar-refractivity contribution is 7.88. The molecule has 19 heavy (non-hydrogen) atoms. The lowest BCUT2D eigenvalue weighted by atomic mass is 10.0. The summed E-state index contributed by atoms with van der Waals surface area (Å²) in [6.07, 6.45) is 4.40. The Morgan fingerprint density at radius 3 is 2.89 bits per heavy atom. The van der Waals surface area contributed by atoms with E-state index in [1.54, 1.807) is 6.92 Å². The van der Waals surface area contributed by atoms with E-state index in [1.165, 1.54) is 6.26 Å². The number of nitrogens with zero attached hydrogens (tertiary/aromatic N) is 3. The topological polar surface area (TPSA) is 88.3 Å². The van der Waals surface area contributed by atoms with Crippen molar-refractivity contribution in [1.82, 2.24) is 19.8 Å². The maximum atomic E-state index is 11.2. The monoisotopic (exact) mass is 288 g/mol. The Morgan fingerprint density at radius 1 is 1.47 bits per heavy atom. The molecule has 2 rings (SSSR count). The molecule has 0 spiro atoms. The van der Waals surface area contributed by atoms with Gasteiger partial charge in [0.15, 0.2) is 5.82 Å². The van der Waals surface area contributed by atoms with Crippen LogP contribution in [0.3, 0.4) is 0 Å². The molecule has 1 aliphatic heterocycles. The Hall–Kier alpha value is -0.990. The summed E-state index contributed by atoms with van der Waals surface area (Å²) < 4.78 is 30.0. The van der Waals surface area contributed by atoms with Crippen LogP contribution in [0.5, 0.6) is 0 Å². The van der Waals surface area contributed by atoms with Gasteiger partial charge in [0.25, 0.3) is 0 Å². The van der Waals surface area contributed by atoms with E-state index >= 15 is 0 Å². The summed E-state index contributed by atoms with van der Waals surface area (Å²) in [5, 5.41) is 3.77. The normalized spacial score (nSPS) is 21.7. The Balaban J connectivity index is 1.95. The number of aryl methyl sites for hydroxylation is 1. The summed E-state index contributed by atoms with van der Waals surface area (Å²) in [4.78, 5) is 6.39. The van der Waals surface area contributed by atoms with Crippen molar-refractivity contribution >= 4 is 10.0 Å². The second-order valence-electron chi connectivity index (χ2n) is 4.98. The summed E-state index contributed by atoms with van der Waals surface area (Å²) in [6.45, 7) is 3.73. The number of nitrogens with one attached hydrogen (secondary N) is 1. The Labute approximate surface area is 113 Å². The van der Waals surface area contributed by atoms with Crippen molar-refractivity contribution in [1.29, 1.82) is 0 Å². The zero-order chi connectivity index (χ0) is 13.9. The van der Waals surface area contributed by atoms with E-state index < -0.39 is 10.0 Å². The molecule has 1 aromatic rings. The summed E-state index contributed by atoms with van der Waals surface area (Å²) in [5.41, 5.74) is 0. The van der Waals surface area contributed by atoms with Crippen LogP contribution in [0.25, 0.3) is 0 Å². The van der Waals surface area contributed by atoms with Gasteiger partial charge in [-0.05, 0) is 26.3 Å². The quantitative estimate of drug-likeness (QED) is 0.837. The van der Waals surface area contributed by atoms with Crippen molar-refractivity contribution < 1.29 is 12.9 Å². The van der Waals surface area contributed by atoms with Gasteiger partial charge in [0.05, 0.1) is 12.8 Å². The van der Waals surface area contributed by atoms with Gasteiger partial charge in [-0.25, -0.2) is 13.1 Å². The molecule has 2 heterocycles. The second kappa shape index (κ2) is 5.98. The van der Waals surface area contributed by atoms with Crippen LogP contribution >= 0.6 is 0 Å². The summed E-state index contributed by atoms with van der Waals surface area (Å²) >= 11 is 0. The van der Waals surface area contributed by atoms with Crippen LogP contribution in [0.15, 0.2) is 4.52 Å². The van der Waals surface area contributed by atoms with Gasteiger partial charge < -0.3 is 4.52 Å². The van der Waals surface area contributed by atoms with Crippen molar-refractivity contribution in [2.45, 2.75) is 38.8 Å². The fourth-order valence-corrected chi connectivity index (χ4v) is 2.82. The lowest BCUT2D eigenvalue weighted by Crippen LogP contribution is -2.46. The first kappa shape index (κ1) is 14.4. The van der Waals surface area contributed by atoms with Crippen molar-refractivity contribution in [3.05, 3.63) is 11.7 Å². The molecule has 1 atom stereocenters. The molecule has 0 amide bonds. The third kappa shape index (κ3) is 4.55. The standard InChI is InChI=1S/C11H20N4O3S/c1-9-13-11(18-14-9)8-15-6-4-3-5-10(15)7-12-19(2,16)17/h10,12H,3-8H2,1-2H3. The zero-order valence-corrected chi connectivity index (χ0v) is 12.1. The molecule has 0 saturated carbocycles. The molecule has 8 heteroatoms. The Bertz CT molecular complexity index is 514. The van der Waals surface area contributed by atoms with Crippen molar-refractivity contribution in [3.8, 4) is 0 Å². The highest BCUT2D eigenvalue weighted by Gasteiger charge is 2.24. The fraction of sp³-hybridized carbons (Fsp3) is 0.818. The van der Waals surface area contributed by atoms with Gasteiger partial charge >= 0.3 is 0 Å². The first-order valence-electron chi connectivity index (χ1n) is 6.42. The highest BCUT2D eigenvalue weighted by atomic mass is 32.2. The van der Waals surface area contributed by atoms with Gasteiger partial charge in [-0.2, -0.15) is 4.98 Å². The first-order valence-corrected chi connectivity index (χ1v) is 8.31. The van der Waals surface area contributed by atoms with Crippen LogP contribution in [0.1, 0.15) is 31.0 Å². The minimum atomic E-state index is -3.14. The average Bonchev–Trinajstić information content (AvgIpc) is 2.73. The van der Waals surface area contributed by atoms with E-state index in [-0.39, 0.29) is 6.04 Å². The van der Waals surface area contributed by atoms with E-state index in [2.05, 4.69) is 19.8 Å². The molecule has 108 valence electrons. The lowest BCUT2D eigenvalue weighted by Gasteiger charge is -2.34. The summed E-state index contributed by atoms with van der Waals surface area (Å²) in [5.74, 6) is 1.21. The van der Waals surface area contributed by atoms with Gasteiger partial charge in [0.2, 0.25) is 15.9 Å². The molecule has 1 fully saturated rings. The van der Waals surface area contributed by atoms with E-state index in [4.69, 9.17) is 4.52 Å². The van der Waals surface area contributed by atoms with Gasteiger partial charge in [-0.3, -0.25) is 4.90 Å². The van der Waals surface area contributed by atoms with E-state index in [0.29, 0.717) is 24.8 Å². The van der Waals surface area contributed by atoms with Crippen LogP contribution < -0.4 is 4.72 Å². The van der Waals surface area contributed by atoms with Crippen LogP contribution in [-0.2, 0) is 16.6 Å². The van der Waals surface area contributed by atoms with Crippen LogP contribution in [0.2, 0.25) is 0 Å². The minimum Gasteiger partial charge on any atom is -0.338 e. The lowest BCUT2D eigenvalue weighted by molar-refractivity contribution is 0.125. The number of likely N-dealkylation sites (tertiary alicyclic amines) is 1. The predicted octanol–water partition coefficient (Wildman–Crippen LogP) is 0.282. The molecule has 1 N–H and O–H groups in total.